The third kappa shape index (κ3) is 3.39. The first kappa shape index (κ1) is 15.0. The van der Waals surface area contributed by atoms with Crippen molar-refractivity contribution in [3.8, 4) is 0 Å². The molecule has 0 saturated carbocycles. The van der Waals surface area contributed by atoms with E-state index >= 15 is 0 Å². The molecule has 1 N–H and O–H groups in total. The lowest BCUT2D eigenvalue weighted by atomic mass is 10.1. The second kappa shape index (κ2) is 5.95. The molecule has 1 amide bonds. The number of amides is 1. The van der Waals surface area contributed by atoms with E-state index in [-0.39, 0.29) is 11.4 Å². The van der Waals surface area contributed by atoms with Crippen molar-refractivity contribution in [1.82, 2.24) is 20.0 Å². The Balaban J connectivity index is 1.90. The van der Waals surface area contributed by atoms with Crippen LogP contribution in [0.4, 0.5) is 0 Å². The van der Waals surface area contributed by atoms with Gasteiger partial charge in [0.15, 0.2) is 0 Å². The largest absolute Gasteiger partial charge is 0.350 e. The monoisotopic (exact) mass is 278 g/mol. The summed E-state index contributed by atoms with van der Waals surface area (Å²) in [4.78, 5) is 14.6. The van der Waals surface area contributed by atoms with Crippen LogP contribution >= 0.6 is 0 Å². The summed E-state index contributed by atoms with van der Waals surface area (Å²) in [7, 11) is 0. The van der Waals surface area contributed by atoms with E-state index < -0.39 is 0 Å². The van der Waals surface area contributed by atoms with E-state index in [4.69, 9.17) is 0 Å². The maximum atomic E-state index is 12.2. The maximum Gasteiger partial charge on any atom is 0.254 e. The molecule has 1 aromatic heterocycles. The Morgan fingerprint density at radius 1 is 1.50 bits per heavy atom. The average molecular weight is 278 g/mol. The molecule has 1 fully saturated rings. The average Bonchev–Trinajstić information content (AvgIpc) is 3.03. The predicted octanol–water partition coefficient (Wildman–Crippen LogP) is 1.85. The van der Waals surface area contributed by atoms with Crippen molar-refractivity contribution in [1.29, 1.82) is 0 Å². The molecule has 0 spiro atoms. The number of nitrogens with zero attached hydrogens (tertiary/aromatic N) is 3. The number of carbonyl (C=O) groups is 1. The summed E-state index contributed by atoms with van der Waals surface area (Å²) in [5.41, 5.74) is 0.546. The fourth-order valence-electron chi connectivity index (χ4n) is 2.66. The van der Waals surface area contributed by atoms with Crippen LogP contribution < -0.4 is 5.32 Å². The molecular weight excluding hydrogens is 252 g/mol. The van der Waals surface area contributed by atoms with E-state index in [0.29, 0.717) is 11.6 Å². The Morgan fingerprint density at radius 2 is 2.25 bits per heavy atom. The molecule has 1 aliphatic heterocycles. The minimum Gasteiger partial charge on any atom is -0.350 e. The lowest BCUT2D eigenvalue weighted by molar-refractivity contribution is 0.0941. The first-order chi connectivity index (χ1) is 9.41. The molecule has 1 aliphatic rings. The summed E-state index contributed by atoms with van der Waals surface area (Å²) in [5, 5.41) is 7.30. The molecule has 0 radical (unpaired) electrons. The second-order valence-corrected chi connectivity index (χ2v) is 6.48. The van der Waals surface area contributed by atoms with Gasteiger partial charge in [0.1, 0.15) is 0 Å². The quantitative estimate of drug-likeness (QED) is 0.914. The zero-order chi connectivity index (χ0) is 14.8. The van der Waals surface area contributed by atoms with Gasteiger partial charge in [-0.2, -0.15) is 5.10 Å². The lowest BCUT2D eigenvalue weighted by Crippen LogP contribution is -2.40. The third-order valence-corrected chi connectivity index (χ3v) is 3.94. The zero-order valence-corrected chi connectivity index (χ0v) is 13.0. The highest BCUT2D eigenvalue weighted by atomic mass is 16.1. The first-order valence-corrected chi connectivity index (χ1v) is 7.49. The van der Waals surface area contributed by atoms with E-state index in [1.54, 1.807) is 6.20 Å². The van der Waals surface area contributed by atoms with Crippen molar-refractivity contribution in [3.05, 3.63) is 18.0 Å². The van der Waals surface area contributed by atoms with Crippen LogP contribution in [0.25, 0.3) is 0 Å². The molecule has 1 saturated heterocycles. The van der Waals surface area contributed by atoms with Crippen LogP contribution in [0.3, 0.4) is 0 Å². The van der Waals surface area contributed by atoms with Gasteiger partial charge in [-0.05, 0) is 46.7 Å². The van der Waals surface area contributed by atoms with Gasteiger partial charge in [-0.1, -0.05) is 6.92 Å². The van der Waals surface area contributed by atoms with Crippen molar-refractivity contribution in [2.45, 2.75) is 52.1 Å². The van der Waals surface area contributed by atoms with E-state index in [0.717, 1.165) is 19.6 Å². The lowest BCUT2D eigenvalue weighted by Gasteiger charge is -2.22. The highest BCUT2D eigenvalue weighted by molar-refractivity contribution is 5.93. The van der Waals surface area contributed by atoms with Gasteiger partial charge in [-0.25, -0.2) is 0 Å². The fourth-order valence-corrected chi connectivity index (χ4v) is 2.66. The topological polar surface area (TPSA) is 50.2 Å². The molecule has 0 bridgehead atoms. The Hall–Kier alpha value is -1.36. The van der Waals surface area contributed by atoms with Gasteiger partial charge in [0, 0.05) is 18.8 Å². The van der Waals surface area contributed by atoms with E-state index in [9.17, 15) is 4.79 Å². The number of rotatable bonds is 4. The van der Waals surface area contributed by atoms with Crippen LogP contribution in [0.5, 0.6) is 0 Å². The van der Waals surface area contributed by atoms with E-state index in [2.05, 4.69) is 43.0 Å². The van der Waals surface area contributed by atoms with Crippen molar-refractivity contribution in [2.24, 2.45) is 0 Å². The van der Waals surface area contributed by atoms with Gasteiger partial charge >= 0.3 is 0 Å². The van der Waals surface area contributed by atoms with Gasteiger partial charge in [0.25, 0.3) is 5.91 Å². The first-order valence-electron chi connectivity index (χ1n) is 7.49. The number of aromatic nitrogens is 2. The van der Waals surface area contributed by atoms with Crippen molar-refractivity contribution in [2.75, 3.05) is 19.6 Å². The highest BCUT2D eigenvalue weighted by Crippen LogP contribution is 2.16. The van der Waals surface area contributed by atoms with E-state index in [1.807, 2.05) is 10.9 Å². The van der Waals surface area contributed by atoms with Crippen LogP contribution in [0, 0.1) is 0 Å². The summed E-state index contributed by atoms with van der Waals surface area (Å²) in [6, 6.07) is 0.488. The molecule has 0 aromatic carbocycles. The summed E-state index contributed by atoms with van der Waals surface area (Å²) in [6.45, 7) is 11.3. The number of likely N-dealkylation sites (tertiary alicyclic amines) is 1. The van der Waals surface area contributed by atoms with Gasteiger partial charge in [0.2, 0.25) is 0 Å². The Bertz CT molecular complexity index is 461. The molecule has 0 unspecified atom stereocenters. The van der Waals surface area contributed by atoms with Crippen molar-refractivity contribution < 1.29 is 4.79 Å². The minimum absolute atomic E-state index is 0.0246. The minimum atomic E-state index is -0.0943. The molecule has 20 heavy (non-hydrogen) atoms. The van der Waals surface area contributed by atoms with Gasteiger partial charge < -0.3 is 5.32 Å². The molecule has 2 heterocycles. The van der Waals surface area contributed by atoms with Gasteiger partial charge in [0.05, 0.1) is 17.3 Å². The smallest absolute Gasteiger partial charge is 0.254 e. The number of hydrogen-bond donors (Lipinski definition) is 1. The van der Waals surface area contributed by atoms with Crippen LogP contribution in [-0.2, 0) is 5.54 Å². The molecular formula is C15H26N4O. The molecule has 5 nitrogen and oxygen atoms in total. The standard InChI is InChI=1S/C15H26N4O/c1-5-18-8-6-7-13(18)10-16-14(20)12-9-17-19(11-12)15(2,3)4/h9,11,13H,5-8,10H2,1-4H3,(H,16,20)/t13-/m0/s1. The molecule has 112 valence electrons. The normalized spacial score (nSPS) is 20.3. The fraction of sp³-hybridized carbons (Fsp3) is 0.733. The zero-order valence-electron chi connectivity index (χ0n) is 13.0. The predicted molar refractivity (Wildman–Crippen MR) is 79.8 cm³/mol. The van der Waals surface area contributed by atoms with Gasteiger partial charge in [-0.3, -0.25) is 14.4 Å². The number of likely N-dealkylation sites (N-methyl/N-ethyl adjacent to an activating group) is 1. The summed E-state index contributed by atoms with van der Waals surface area (Å²) in [6.07, 6.45) is 5.88. The van der Waals surface area contributed by atoms with E-state index in [1.165, 1.54) is 12.8 Å². The third-order valence-electron chi connectivity index (χ3n) is 3.94. The SMILES string of the molecule is CCN1CCC[C@H]1CNC(=O)c1cnn(C(C)(C)C)c1. The molecule has 1 aromatic rings. The number of hydrogen-bond acceptors (Lipinski definition) is 3. The summed E-state index contributed by atoms with van der Waals surface area (Å²) < 4.78 is 1.83. The molecule has 5 heteroatoms. The van der Waals surface area contributed by atoms with Crippen molar-refractivity contribution in [3.63, 3.8) is 0 Å². The van der Waals surface area contributed by atoms with Crippen LogP contribution in [-0.4, -0.2) is 46.3 Å². The molecule has 0 aliphatic carbocycles. The Kier molecular flexibility index (Phi) is 4.48. The van der Waals surface area contributed by atoms with Crippen LogP contribution in [0.15, 0.2) is 12.4 Å². The summed E-state index contributed by atoms with van der Waals surface area (Å²) in [5.74, 6) is -0.0246. The van der Waals surface area contributed by atoms with Crippen LogP contribution in [0.2, 0.25) is 0 Å². The number of nitrogens with one attached hydrogen (secondary N) is 1. The van der Waals surface area contributed by atoms with Gasteiger partial charge in [-0.15, -0.1) is 0 Å². The molecule has 1 atom stereocenters. The molecule has 2 rings (SSSR count). The number of carbonyl (C=O) groups excluding carboxylic acids is 1. The Labute approximate surface area is 121 Å². The maximum absolute atomic E-state index is 12.2. The highest BCUT2D eigenvalue weighted by Gasteiger charge is 2.24. The van der Waals surface area contributed by atoms with Crippen molar-refractivity contribution >= 4 is 5.91 Å². The van der Waals surface area contributed by atoms with Crippen LogP contribution in [0.1, 0.15) is 50.9 Å². The summed E-state index contributed by atoms with van der Waals surface area (Å²) >= 11 is 0. The Morgan fingerprint density at radius 3 is 2.85 bits per heavy atom. The second-order valence-electron chi connectivity index (χ2n) is 6.48.